The van der Waals surface area contributed by atoms with Crippen LogP contribution < -0.4 is 10.3 Å². The Morgan fingerprint density at radius 2 is 1.44 bits per heavy atom. The van der Waals surface area contributed by atoms with E-state index in [0.717, 1.165) is 19.6 Å². The van der Waals surface area contributed by atoms with Gasteiger partial charge in [0.25, 0.3) is 5.56 Å². The number of carboxylic acids is 2. The molecule has 0 radical (unpaired) electrons. The average Bonchev–Trinajstić information content (AvgIpc) is 3.30. The van der Waals surface area contributed by atoms with Gasteiger partial charge in [0.05, 0.1) is 15.4 Å². The third kappa shape index (κ3) is 9.40. The number of carbonyl (C=O) groups excluding carboxylic acids is 1. The predicted octanol–water partition coefficient (Wildman–Crippen LogP) is 4.94. The molecule has 1 aliphatic rings. The van der Waals surface area contributed by atoms with E-state index in [1.807, 2.05) is 20.8 Å². The minimum absolute atomic E-state index is 0.108. The molecule has 2 aromatic rings. The molecule has 1 aromatic carbocycles. The lowest BCUT2D eigenvalue weighted by molar-refractivity contribution is -0.159. The van der Waals surface area contributed by atoms with Crippen LogP contribution >= 0.6 is 23.2 Å². The summed E-state index contributed by atoms with van der Waals surface area (Å²) >= 11 is 12.6. The zero-order valence-corrected chi connectivity index (χ0v) is 24.6. The third-order valence-electron chi connectivity index (χ3n) is 5.53. The predicted molar refractivity (Wildman–Crippen MR) is 149 cm³/mol. The molecule has 216 valence electrons. The van der Waals surface area contributed by atoms with E-state index in [9.17, 15) is 9.59 Å². The second kappa shape index (κ2) is 13.0. The molecule has 1 aromatic heterocycles. The van der Waals surface area contributed by atoms with Gasteiger partial charge in [0, 0.05) is 18.5 Å². The van der Waals surface area contributed by atoms with Gasteiger partial charge in [-0.15, -0.1) is 0 Å². The van der Waals surface area contributed by atoms with Crippen molar-refractivity contribution in [2.24, 2.45) is 5.41 Å². The highest BCUT2D eigenvalue weighted by molar-refractivity contribution is 6.42. The number of aromatic nitrogens is 1. The summed E-state index contributed by atoms with van der Waals surface area (Å²) in [5, 5.41) is 16.2. The molecule has 12 heteroatoms. The SMILES string of the molecule is CC(C)(C)Cn1c(C(=O)OC(C)(C)C)c(OCCN2CCCC2)c2cc(Cl)c(Cl)cc2c1=O.O=C(O)C(=O)O. The van der Waals surface area contributed by atoms with Crippen molar-refractivity contribution in [2.75, 3.05) is 26.2 Å². The van der Waals surface area contributed by atoms with E-state index >= 15 is 0 Å². The first-order valence-corrected chi connectivity index (χ1v) is 13.3. The van der Waals surface area contributed by atoms with Crippen molar-refractivity contribution in [2.45, 2.75) is 66.5 Å². The molecule has 1 fully saturated rings. The molecule has 0 amide bonds. The zero-order chi connectivity index (χ0) is 29.7. The second-order valence-corrected chi connectivity index (χ2v) is 12.3. The third-order valence-corrected chi connectivity index (χ3v) is 6.25. The smallest absolute Gasteiger partial charge is 0.414 e. The van der Waals surface area contributed by atoms with Gasteiger partial charge in [-0.05, 0) is 64.3 Å². The number of likely N-dealkylation sites (tertiary alicyclic amines) is 1. The lowest BCUT2D eigenvalue weighted by Crippen LogP contribution is -2.35. The Labute approximate surface area is 237 Å². The number of fused-ring (bicyclic) bond motifs is 1. The highest BCUT2D eigenvalue weighted by Gasteiger charge is 2.30. The summed E-state index contributed by atoms with van der Waals surface area (Å²) in [6.07, 6.45) is 2.35. The quantitative estimate of drug-likeness (QED) is 0.356. The van der Waals surface area contributed by atoms with Crippen molar-refractivity contribution in [3.8, 4) is 5.75 Å². The Balaban J connectivity index is 0.000000798. The summed E-state index contributed by atoms with van der Waals surface area (Å²) in [5.41, 5.74) is -1.24. The van der Waals surface area contributed by atoms with Crippen LogP contribution in [0.4, 0.5) is 0 Å². The molecule has 39 heavy (non-hydrogen) atoms. The van der Waals surface area contributed by atoms with Crippen molar-refractivity contribution in [3.63, 3.8) is 0 Å². The summed E-state index contributed by atoms with van der Waals surface area (Å²) in [4.78, 5) is 47.5. The number of ether oxygens (including phenoxy) is 2. The normalized spacial score (nSPS) is 14.1. The number of esters is 1. The topological polar surface area (TPSA) is 135 Å². The molecule has 0 aliphatic carbocycles. The first-order valence-electron chi connectivity index (χ1n) is 12.5. The average molecular weight is 587 g/mol. The molecule has 0 bridgehead atoms. The minimum atomic E-state index is -1.82. The highest BCUT2D eigenvalue weighted by Crippen LogP contribution is 2.35. The molecule has 0 atom stereocenters. The maximum Gasteiger partial charge on any atom is 0.414 e. The Bertz CT molecular complexity index is 1270. The molecule has 0 unspecified atom stereocenters. The van der Waals surface area contributed by atoms with Crippen molar-refractivity contribution in [3.05, 3.63) is 38.2 Å². The monoisotopic (exact) mass is 586 g/mol. The van der Waals surface area contributed by atoms with Gasteiger partial charge >= 0.3 is 17.9 Å². The van der Waals surface area contributed by atoms with Crippen molar-refractivity contribution in [1.29, 1.82) is 0 Å². The molecule has 2 N–H and O–H groups in total. The van der Waals surface area contributed by atoms with Crippen molar-refractivity contribution >= 4 is 51.9 Å². The highest BCUT2D eigenvalue weighted by atomic mass is 35.5. The number of benzene rings is 1. The van der Waals surface area contributed by atoms with Gasteiger partial charge in [-0.3, -0.25) is 14.3 Å². The van der Waals surface area contributed by atoms with Crippen LogP contribution in [0.3, 0.4) is 0 Å². The van der Waals surface area contributed by atoms with E-state index in [4.69, 9.17) is 52.5 Å². The Kier molecular flexibility index (Phi) is 10.8. The summed E-state index contributed by atoms with van der Waals surface area (Å²) in [6.45, 7) is 14.9. The van der Waals surface area contributed by atoms with Crippen LogP contribution in [0.15, 0.2) is 16.9 Å². The molecule has 10 nitrogen and oxygen atoms in total. The van der Waals surface area contributed by atoms with E-state index < -0.39 is 23.5 Å². The Morgan fingerprint density at radius 3 is 1.90 bits per heavy atom. The number of nitrogens with zero attached hydrogens (tertiary/aromatic N) is 2. The number of aliphatic carboxylic acids is 2. The number of pyridine rings is 1. The molecule has 0 saturated carbocycles. The van der Waals surface area contributed by atoms with Crippen LogP contribution in [0.2, 0.25) is 10.0 Å². The maximum atomic E-state index is 13.6. The van der Waals surface area contributed by atoms with E-state index in [0.29, 0.717) is 29.7 Å². The molecule has 1 aliphatic heterocycles. The molecule has 2 heterocycles. The summed E-state index contributed by atoms with van der Waals surface area (Å²) < 4.78 is 13.4. The van der Waals surface area contributed by atoms with Crippen molar-refractivity contribution in [1.82, 2.24) is 9.47 Å². The minimum Gasteiger partial charge on any atom is -0.489 e. The number of rotatable bonds is 6. The van der Waals surface area contributed by atoms with Gasteiger partial charge < -0.3 is 19.7 Å². The van der Waals surface area contributed by atoms with Crippen LogP contribution in [0.25, 0.3) is 10.8 Å². The molecular formula is C27H36Cl2N2O8. The number of carbonyl (C=O) groups is 3. The van der Waals surface area contributed by atoms with E-state index in [-0.39, 0.29) is 26.7 Å². The first-order chi connectivity index (χ1) is 17.9. The Morgan fingerprint density at radius 1 is 0.923 bits per heavy atom. The fourth-order valence-corrected chi connectivity index (χ4v) is 4.32. The van der Waals surface area contributed by atoms with Crippen molar-refractivity contribution < 1.29 is 34.1 Å². The lowest BCUT2D eigenvalue weighted by atomic mass is 9.96. The molecular weight excluding hydrogens is 551 g/mol. The number of carboxylic acid groups (broad SMARTS) is 2. The van der Waals surface area contributed by atoms with Gasteiger partial charge in [0.1, 0.15) is 12.2 Å². The van der Waals surface area contributed by atoms with Gasteiger partial charge in [-0.2, -0.15) is 0 Å². The van der Waals surface area contributed by atoms with Gasteiger partial charge in [-0.25, -0.2) is 14.4 Å². The summed E-state index contributed by atoms with van der Waals surface area (Å²) in [6, 6.07) is 3.15. The number of hydrogen-bond donors (Lipinski definition) is 2. The van der Waals surface area contributed by atoms with Gasteiger partial charge in [0.2, 0.25) is 0 Å². The van der Waals surface area contributed by atoms with Crippen LogP contribution in [0.5, 0.6) is 5.75 Å². The van der Waals surface area contributed by atoms with Crippen LogP contribution in [0.1, 0.15) is 64.9 Å². The number of hydrogen-bond acceptors (Lipinski definition) is 7. The second-order valence-electron chi connectivity index (χ2n) is 11.5. The molecule has 1 saturated heterocycles. The van der Waals surface area contributed by atoms with E-state index in [1.165, 1.54) is 17.4 Å². The maximum absolute atomic E-state index is 13.6. The van der Waals surface area contributed by atoms with Crippen LogP contribution in [-0.4, -0.2) is 69.4 Å². The number of halogens is 2. The van der Waals surface area contributed by atoms with Gasteiger partial charge in [-0.1, -0.05) is 44.0 Å². The fourth-order valence-electron chi connectivity index (χ4n) is 3.99. The van der Waals surface area contributed by atoms with E-state index in [2.05, 4.69) is 4.90 Å². The first kappa shape index (κ1) is 32.4. The van der Waals surface area contributed by atoms with Gasteiger partial charge in [0.15, 0.2) is 11.4 Å². The standard InChI is InChI=1S/C25H34Cl2N2O4.C2H2O4/c1-24(2,3)15-29-20(23(31)33-25(4,5)6)21(32-12-11-28-9-7-8-10-28)16-13-18(26)19(27)14-17(16)22(29)30;3-1(4)2(5)6/h13-14H,7-12,15H2,1-6H3;(H,3,4)(H,5,6). The lowest BCUT2D eigenvalue weighted by Gasteiger charge is -2.27. The molecule has 3 rings (SSSR count). The van der Waals surface area contributed by atoms with E-state index in [1.54, 1.807) is 32.9 Å². The van der Waals surface area contributed by atoms with Crippen LogP contribution in [0, 0.1) is 5.41 Å². The van der Waals surface area contributed by atoms with Crippen LogP contribution in [-0.2, 0) is 20.9 Å². The largest absolute Gasteiger partial charge is 0.489 e. The fraction of sp³-hybridized carbons (Fsp3) is 0.556. The zero-order valence-electron chi connectivity index (χ0n) is 23.1. The Hall–Kier alpha value is -2.82. The molecule has 0 spiro atoms. The summed E-state index contributed by atoms with van der Waals surface area (Å²) in [5.74, 6) is -3.95. The summed E-state index contributed by atoms with van der Waals surface area (Å²) in [7, 11) is 0.